The van der Waals surface area contributed by atoms with Crippen LogP contribution in [0.25, 0.3) is 0 Å². The first kappa shape index (κ1) is 12.6. The number of hydrogen-bond donors (Lipinski definition) is 1. The van der Waals surface area contributed by atoms with Gasteiger partial charge >= 0.3 is 0 Å². The lowest BCUT2D eigenvalue weighted by atomic mass is 10.3. The van der Waals surface area contributed by atoms with Crippen molar-refractivity contribution in [3.63, 3.8) is 0 Å². The molecule has 0 amide bonds. The summed E-state index contributed by atoms with van der Waals surface area (Å²) < 4.78 is 3.99. The second-order valence-electron chi connectivity index (χ2n) is 4.24. The van der Waals surface area contributed by atoms with Crippen LogP contribution in [0.2, 0.25) is 0 Å². The fourth-order valence-electron chi connectivity index (χ4n) is 1.79. The molecule has 6 nitrogen and oxygen atoms in total. The van der Waals surface area contributed by atoms with Gasteiger partial charge in [0.05, 0.1) is 6.20 Å². The summed E-state index contributed by atoms with van der Waals surface area (Å²) in [6.45, 7) is 4.99. The van der Waals surface area contributed by atoms with Crippen molar-refractivity contribution in [3.8, 4) is 0 Å². The van der Waals surface area contributed by atoms with Crippen LogP contribution in [0.1, 0.15) is 26.2 Å². The average Bonchev–Trinajstić information content (AvgIpc) is 3.02. The number of unbranched alkanes of at least 4 members (excludes halogenated alkanes) is 1. The second kappa shape index (κ2) is 6.78. The summed E-state index contributed by atoms with van der Waals surface area (Å²) in [5.41, 5.74) is 0. The molecule has 2 aromatic rings. The Labute approximate surface area is 107 Å². The Morgan fingerprint density at radius 3 is 2.89 bits per heavy atom. The SMILES string of the molecule is CCCCNc1nccn1CCCn1ccnn1. The molecule has 0 atom stereocenters. The molecular weight excluding hydrogens is 228 g/mol. The van der Waals surface area contributed by atoms with Gasteiger partial charge in [-0.05, 0) is 12.8 Å². The lowest BCUT2D eigenvalue weighted by Gasteiger charge is -2.09. The Morgan fingerprint density at radius 2 is 2.11 bits per heavy atom. The zero-order valence-corrected chi connectivity index (χ0v) is 10.8. The van der Waals surface area contributed by atoms with Gasteiger partial charge in [-0.15, -0.1) is 5.10 Å². The highest BCUT2D eigenvalue weighted by Gasteiger charge is 2.01. The zero-order valence-electron chi connectivity index (χ0n) is 10.8. The van der Waals surface area contributed by atoms with Crippen LogP contribution in [0, 0.1) is 0 Å². The molecule has 0 aliphatic rings. The molecule has 0 unspecified atom stereocenters. The maximum absolute atomic E-state index is 4.32. The van der Waals surface area contributed by atoms with Crippen LogP contribution in [0.4, 0.5) is 5.95 Å². The van der Waals surface area contributed by atoms with Crippen molar-refractivity contribution in [2.75, 3.05) is 11.9 Å². The fourth-order valence-corrected chi connectivity index (χ4v) is 1.79. The van der Waals surface area contributed by atoms with Gasteiger partial charge in [-0.1, -0.05) is 18.6 Å². The maximum Gasteiger partial charge on any atom is 0.202 e. The zero-order chi connectivity index (χ0) is 12.6. The number of hydrogen-bond acceptors (Lipinski definition) is 4. The first-order chi connectivity index (χ1) is 8.90. The molecule has 6 heteroatoms. The van der Waals surface area contributed by atoms with E-state index in [4.69, 9.17) is 0 Å². The van der Waals surface area contributed by atoms with Gasteiger partial charge in [-0.25, -0.2) is 4.98 Å². The maximum atomic E-state index is 4.32. The van der Waals surface area contributed by atoms with Gasteiger partial charge in [0.15, 0.2) is 0 Å². The summed E-state index contributed by atoms with van der Waals surface area (Å²) in [6.07, 6.45) is 10.8. The van der Waals surface area contributed by atoms with Gasteiger partial charge in [0.25, 0.3) is 0 Å². The number of aryl methyl sites for hydroxylation is 2. The van der Waals surface area contributed by atoms with Crippen molar-refractivity contribution in [1.82, 2.24) is 24.5 Å². The molecule has 0 bridgehead atoms. The Hall–Kier alpha value is -1.85. The number of imidazole rings is 1. The van der Waals surface area contributed by atoms with Crippen LogP contribution in [0.5, 0.6) is 0 Å². The van der Waals surface area contributed by atoms with E-state index in [1.807, 2.05) is 23.3 Å². The smallest absolute Gasteiger partial charge is 0.202 e. The molecular formula is C12H20N6. The summed E-state index contributed by atoms with van der Waals surface area (Å²) in [5, 5.41) is 11.1. The molecule has 2 rings (SSSR count). The van der Waals surface area contributed by atoms with E-state index >= 15 is 0 Å². The topological polar surface area (TPSA) is 60.6 Å². The average molecular weight is 248 g/mol. The number of nitrogens with one attached hydrogen (secondary N) is 1. The van der Waals surface area contributed by atoms with Gasteiger partial charge in [0.1, 0.15) is 0 Å². The lowest BCUT2D eigenvalue weighted by Crippen LogP contribution is -2.10. The quantitative estimate of drug-likeness (QED) is 0.723. The van der Waals surface area contributed by atoms with Gasteiger partial charge in [0, 0.05) is 38.2 Å². The summed E-state index contributed by atoms with van der Waals surface area (Å²) in [6, 6.07) is 0. The van der Waals surface area contributed by atoms with Gasteiger partial charge < -0.3 is 9.88 Å². The Bertz CT molecular complexity index is 433. The van der Waals surface area contributed by atoms with Crippen LogP contribution in [-0.4, -0.2) is 31.1 Å². The third-order valence-corrected chi connectivity index (χ3v) is 2.79. The summed E-state index contributed by atoms with van der Waals surface area (Å²) in [5.74, 6) is 0.960. The highest BCUT2D eigenvalue weighted by molar-refractivity contribution is 5.25. The third-order valence-electron chi connectivity index (χ3n) is 2.79. The Balaban J connectivity index is 1.76. The number of rotatable bonds is 8. The molecule has 98 valence electrons. The predicted octanol–water partition coefficient (Wildman–Crippen LogP) is 1.78. The molecule has 0 aromatic carbocycles. The van der Waals surface area contributed by atoms with Crippen molar-refractivity contribution < 1.29 is 0 Å². The van der Waals surface area contributed by atoms with Crippen LogP contribution >= 0.6 is 0 Å². The standard InChI is InChI=1S/C12H20N6/c1-2-3-5-13-12-14-6-10-17(12)8-4-9-18-11-7-15-16-18/h6-7,10-11H,2-5,8-9H2,1H3,(H,13,14). The number of nitrogens with zero attached hydrogens (tertiary/aromatic N) is 5. The largest absolute Gasteiger partial charge is 0.356 e. The predicted molar refractivity (Wildman–Crippen MR) is 70.3 cm³/mol. The number of aromatic nitrogens is 5. The van der Waals surface area contributed by atoms with Crippen LogP contribution in [0.15, 0.2) is 24.8 Å². The van der Waals surface area contributed by atoms with E-state index in [9.17, 15) is 0 Å². The van der Waals surface area contributed by atoms with Gasteiger partial charge in [-0.3, -0.25) is 4.68 Å². The first-order valence-corrected chi connectivity index (χ1v) is 6.49. The van der Waals surface area contributed by atoms with Crippen molar-refractivity contribution in [1.29, 1.82) is 0 Å². The molecule has 0 saturated heterocycles. The van der Waals surface area contributed by atoms with Crippen LogP contribution in [0.3, 0.4) is 0 Å². The van der Waals surface area contributed by atoms with Crippen molar-refractivity contribution >= 4 is 5.95 Å². The van der Waals surface area contributed by atoms with Gasteiger partial charge in [-0.2, -0.15) is 0 Å². The van der Waals surface area contributed by atoms with E-state index in [2.05, 4.69) is 32.1 Å². The minimum absolute atomic E-state index is 0.882. The van der Waals surface area contributed by atoms with E-state index in [1.165, 1.54) is 12.8 Å². The molecule has 2 heterocycles. The fraction of sp³-hybridized carbons (Fsp3) is 0.583. The van der Waals surface area contributed by atoms with Crippen molar-refractivity contribution in [2.24, 2.45) is 0 Å². The summed E-state index contributed by atoms with van der Waals surface area (Å²) >= 11 is 0. The molecule has 0 aliphatic carbocycles. The number of anilines is 1. The summed E-state index contributed by atoms with van der Waals surface area (Å²) in [7, 11) is 0. The molecule has 0 radical (unpaired) electrons. The van der Waals surface area contributed by atoms with E-state index in [0.29, 0.717) is 0 Å². The molecule has 2 aromatic heterocycles. The molecule has 0 saturated carbocycles. The van der Waals surface area contributed by atoms with E-state index in [1.54, 1.807) is 6.20 Å². The highest BCUT2D eigenvalue weighted by atomic mass is 15.4. The molecule has 0 fully saturated rings. The monoisotopic (exact) mass is 248 g/mol. The van der Waals surface area contributed by atoms with Crippen LogP contribution < -0.4 is 5.32 Å². The van der Waals surface area contributed by atoms with Crippen LogP contribution in [-0.2, 0) is 13.1 Å². The van der Waals surface area contributed by atoms with E-state index in [0.717, 1.165) is 32.0 Å². The van der Waals surface area contributed by atoms with E-state index in [-0.39, 0.29) is 0 Å². The lowest BCUT2D eigenvalue weighted by molar-refractivity contribution is 0.516. The van der Waals surface area contributed by atoms with Gasteiger partial charge in [0.2, 0.25) is 5.95 Å². The third kappa shape index (κ3) is 3.58. The first-order valence-electron chi connectivity index (χ1n) is 6.49. The second-order valence-corrected chi connectivity index (χ2v) is 4.24. The molecule has 1 N–H and O–H groups in total. The molecule has 0 aliphatic heterocycles. The van der Waals surface area contributed by atoms with Crippen molar-refractivity contribution in [3.05, 3.63) is 24.8 Å². The normalized spacial score (nSPS) is 10.7. The molecule has 18 heavy (non-hydrogen) atoms. The minimum atomic E-state index is 0.882. The Kier molecular flexibility index (Phi) is 4.75. The minimum Gasteiger partial charge on any atom is -0.356 e. The Morgan fingerprint density at radius 1 is 1.17 bits per heavy atom. The summed E-state index contributed by atoms with van der Waals surface area (Å²) in [4.78, 5) is 4.32. The molecule has 0 spiro atoms. The van der Waals surface area contributed by atoms with Crippen molar-refractivity contribution in [2.45, 2.75) is 39.3 Å². The highest BCUT2D eigenvalue weighted by Crippen LogP contribution is 2.06. The van der Waals surface area contributed by atoms with E-state index < -0.39 is 0 Å².